The first kappa shape index (κ1) is 25.3. The summed E-state index contributed by atoms with van der Waals surface area (Å²) in [6, 6.07) is 16.7. The van der Waals surface area contributed by atoms with Crippen LogP contribution in [0.15, 0.2) is 85.2 Å². The van der Waals surface area contributed by atoms with Crippen LogP contribution in [0.25, 0.3) is 17.1 Å². The molecule has 11 heteroatoms. The third-order valence-corrected chi connectivity index (χ3v) is 5.49. The molecule has 0 fully saturated rings. The number of alkyl halides is 3. The van der Waals surface area contributed by atoms with Gasteiger partial charge in [-0.05, 0) is 29.8 Å². The maximum Gasteiger partial charge on any atom is 0.417 e. The van der Waals surface area contributed by atoms with Crippen LogP contribution in [0.1, 0.15) is 21.5 Å². The van der Waals surface area contributed by atoms with Crippen molar-refractivity contribution in [3.05, 3.63) is 102 Å². The lowest BCUT2D eigenvalue weighted by Crippen LogP contribution is -2.47. The number of halogens is 3. The fourth-order valence-electron chi connectivity index (χ4n) is 3.76. The van der Waals surface area contributed by atoms with Gasteiger partial charge in [-0.25, -0.2) is 9.67 Å². The average molecular weight is 507 g/mol. The molecule has 0 aliphatic carbocycles. The van der Waals surface area contributed by atoms with Crippen LogP contribution in [-0.4, -0.2) is 38.4 Å². The monoisotopic (exact) mass is 507 g/mol. The topological polar surface area (TPSA) is 120 Å². The number of nitrogens with two attached hydrogens (primary N) is 1. The molecule has 2 aromatic heterocycles. The predicted octanol–water partition coefficient (Wildman–Crippen LogP) is 3.35. The van der Waals surface area contributed by atoms with Crippen molar-refractivity contribution in [1.82, 2.24) is 20.1 Å². The number of hydrogen-bond donors (Lipinski definition) is 2. The zero-order valence-corrected chi connectivity index (χ0v) is 19.1. The number of nitrogens with one attached hydrogen (secondary N) is 1. The first-order valence-corrected chi connectivity index (χ1v) is 11.0. The fraction of sp³-hybridized carbons (Fsp3) is 0.115. The molecular weight excluding hydrogens is 487 g/mol. The van der Waals surface area contributed by atoms with E-state index in [4.69, 9.17) is 5.73 Å². The van der Waals surface area contributed by atoms with E-state index in [0.717, 1.165) is 6.07 Å². The molecule has 37 heavy (non-hydrogen) atoms. The number of nitrogens with zero attached hydrogens (tertiary/aromatic N) is 3. The Balaban J connectivity index is 1.65. The third-order valence-electron chi connectivity index (χ3n) is 5.49. The van der Waals surface area contributed by atoms with Gasteiger partial charge in [0.1, 0.15) is 6.04 Å². The van der Waals surface area contributed by atoms with Crippen LogP contribution in [0.4, 0.5) is 13.2 Å². The maximum absolute atomic E-state index is 13.5. The summed E-state index contributed by atoms with van der Waals surface area (Å²) in [4.78, 5) is 41.4. The zero-order valence-electron chi connectivity index (χ0n) is 19.1. The lowest BCUT2D eigenvalue weighted by molar-refractivity contribution is -0.137. The Morgan fingerprint density at radius 1 is 0.946 bits per heavy atom. The maximum atomic E-state index is 13.5. The highest BCUT2D eigenvalue weighted by atomic mass is 19.4. The normalized spacial score (nSPS) is 12.1. The molecule has 0 saturated carbocycles. The Kier molecular flexibility index (Phi) is 7.14. The second kappa shape index (κ2) is 10.4. The SMILES string of the molecule is NC(=O)C(=O)C(Cc1ccccc1)NC(=O)c1cccnc1-n1ccc(-c2ccccc2C(F)(F)F)n1. The minimum absolute atomic E-state index is 0.0146. The summed E-state index contributed by atoms with van der Waals surface area (Å²) in [6.45, 7) is 0. The van der Waals surface area contributed by atoms with E-state index < -0.39 is 35.4 Å². The molecule has 4 aromatic rings. The largest absolute Gasteiger partial charge is 0.417 e. The van der Waals surface area contributed by atoms with E-state index in [1.165, 1.54) is 53.5 Å². The second-order valence-corrected chi connectivity index (χ2v) is 8.01. The van der Waals surface area contributed by atoms with Gasteiger partial charge in [-0.2, -0.15) is 18.3 Å². The molecule has 0 saturated heterocycles. The summed E-state index contributed by atoms with van der Waals surface area (Å²) in [5.74, 6) is -2.91. The van der Waals surface area contributed by atoms with Crippen LogP contribution >= 0.6 is 0 Å². The Morgan fingerprint density at radius 2 is 1.65 bits per heavy atom. The van der Waals surface area contributed by atoms with Gasteiger partial charge in [-0.15, -0.1) is 0 Å². The quantitative estimate of drug-likeness (QED) is 0.355. The van der Waals surface area contributed by atoms with Crippen molar-refractivity contribution in [2.45, 2.75) is 18.6 Å². The molecule has 0 bridgehead atoms. The number of rotatable bonds is 8. The Bertz CT molecular complexity index is 1450. The van der Waals surface area contributed by atoms with Gasteiger partial charge in [0.05, 0.1) is 16.8 Å². The Labute approximate surface area is 208 Å². The molecule has 0 aliphatic rings. The molecule has 1 atom stereocenters. The van der Waals surface area contributed by atoms with E-state index in [2.05, 4.69) is 15.4 Å². The minimum atomic E-state index is -4.59. The molecule has 0 spiro atoms. The summed E-state index contributed by atoms with van der Waals surface area (Å²) >= 11 is 0. The summed E-state index contributed by atoms with van der Waals surface area (Å²) in [5, 5.41) is 6.73. The standard InChI is InChI=1S/C26H20F3N5O3/c27-26(28,29)19-11-5-4-9-17(19)20-12-14-34(33-20)24-18(10-6-13-31-24)25(37)32-21(22(35)23(30)36)15-16-7-2-1-3-8-16/h1-14,21H,15H2,(H2,30,36)(H,32,37). The number of carbonyl (C=O) groups is 3. The van der Waals surface area contributed by atoms with Gasteiger partial charge < -0.3 is 11.1 Å². The highest BCUT2D eigenvalue weighted by Gasteiger charge is 2.34. The van der Waals surface area contributed by atoms with Crippen molar-refractivity contribution in [3.8, 4) is 17.1 Å². The van der Waals surface area contributed by atoms with Crippen molar-refractivity contribution in [2.24, 2.45) is 5.73 Å². The molecule has 8 nitrogen and oxygen atoms in total. The molecule has 1 unspecified atom stereocenters. The number of pyridine rings is 1. The number of benzene rings is 2. The van der Waals surface area contributed by atoms with Gasteiger partial charge in [0.2, 0.25) is 5.78 Å². The first-order valence-electron chi connectivity index (χ1n) is 11.0. The molecule has 4 rings (SSSR count). The molecular formula is C26H20F3N5O3. The summed E-state index contributed by atoms with van der Waals surface area (Å²) in [7, 11) is 0. The molecule has 2 aromatic carbocycles. The molecule has 0 radical (unpaired) electrons. The summed E-state index contributed by atoms with van der Waals surface area (Å²) in [6.07, 6.45) is -1.81. The number of carbonyl (C=O) groups excluding carboxylic acids is 3. The summed E-state index contributed by atoms with van der Waals surface area (Å²) in [5.41, 5.74) is 4.89. The van der Waals surface area contributed by atoms with Gasteiger partial charge in [0.25, 0.3) is 11.8 Å². The van der Waals surface area contributed by atoms with Gasteiger partial charge in [0.15, 0.2) is 5.82 Å². The van der Waals surface area contributed by atoms with Crippen LogP contribution in [-0.2, 0) is 22.2 Å². The van der Waals surface area contributed by atoms with E-state index in [-0.39, 0.29) is 29.1 Å². The van der Waals surface area contributed by atoms with Crippen molar-refractivity contribution in [3.63, 3.8) is 0 Å². The van der Waals surface area contributed by atoms with Gasteiger partial charge in [0, 0.05) is 24.4 Å². The number of hydrogen-bond acceptors (Lipinski definition) is 5. The number of amides is 2. The number of primary amides is 1. The van der Waals surface area contributed by atoms with Gasteiger partial charge >= 0.3 is 6.18 Å². The van der Waals surface area contributed by atoms with Crippen molar-refractivity contribution < 1.29 is 27.6 Å². The highest BCUT2D eigenvalue weighted by molar-refractivity contribution is 6.38. The number of ketones is 1. The third kappa shape index (κ3) is 5.72. The van der Waals surface area contributed by atoms with Crippen LogP contribution in [0.2, 0.25) is 0 Å². The van der Waals surface area contributed by atoms with Crippen LogP contribution in [0, 0.1) is 0 Å². The lowest BCUT2D eigenvalue weighted by atomic mass is 10.0. The van der Waals surface area contributed by atoms with Gasteiger partial charge in [-0.1, -0.05) is 48.5 Å². The molecule has 3 N–H and O–H groups in total. The average Bonchev–Trinajstić information content (AvgIpc) is 3.38. The first-order chi connectivity index (χ1) is 17.6. The van der Waals surface area contributed by atoms with E-state index >= 15 is 0 Å². The van der Waals surface area contributed by atoms with Crippen LogP contribution in [0.3, 0.4) is 0 Å². The second-order valence-electron chi connectivity index (χ2n) is 8.01. The van der Waals surface area contributed by atoms with Crippen LogP contribution in [0.5, 0.6) is 0 Å². The van der Waals surface area contributed by atoms with Crippen molar-refractivity contribution in [2.75, 3.05) is 0 Å². The summed E-state index contributed by atoms with van der Waals surface area (Å²) < 4.78 is 41.6. The lowest BCUT2D eigenvalue weighted by Gasteiger charge is -2.17. The molecule has 0 aliphatic heterocycles. The fourth-order valence-corrected chi connectivity index (χ4v) is 3.76. The van der Waals surface area contributed by atoms with E-state index in [9.17, 15) is 27.6 Å². The van der Waals surface area contributed by atoms with Crippen LogP contribution < -0.4 is 11.1 Å². The number of aromatic nitrogens is 3. The van der Waals surface area contributed by atoms with Gasteiger partial charge in [-0.3, -0.25) is 14.4 Å². The smallest absolute Gasteiger partial charge is 0.363 e. The van der Waals surface area contributed by atoms with E-state index in [1.54, 1.807) is 30.3 Å². The Hall–Kier alpha value is -4.80. The predicted molar refractivity (Wildman–Crippen MR) is 127 cm³/mol. The van der Waals surface area contributed by atoms with Crippen molar-refractivity contribution in [1.29, 1.82) is 0 Å². The minimum Gasteiger partial charge on any atom is -0.363 e. The molecule has 188 valence electrons. The number of Topliss-reactive ketones (excluding diaryl/α,β-unsaturated/α-hetero) is 1. The van der Waals surface area contributed by atoms with Crippen molar-refractivity contribution >= 4 is 17.6 Å². The van der Waals surface area contributed by atoms with E-state index in [1.807, 2.05) is 0 Å². The highest BCUT2D eigenvalue weighted by Crippen LogP contribution is 2.36. The Morgan fingerprint density at radius 3 is 2.35 bits per heavy atom. The zero-order chi connectivity index (χ0) is 26.6. The molecule has 2 amide bonds. The van der Waals surface area contributed by atoms with E-state index in [0.29, 0.717) is 5.56 Å². The molecule has 2 heterocycles.